The first kappa shape index (κ1) is 12.5. The van der Waals surface area contributed by atoms with Gasteiger partial charge in [0.1, 0.15) is 0 Å². The molecule has 1 aliphatic heterocycles. The van der Waals surface area contributed by atoms with E-state index < -0.39 is 0 Å². The van der Waals surface area contributed by atoms with Gasteiger partial charge in [-0.2, -0.15) is 0 Å². The van der Waals surface area contributed by atoms with Crippen molar-refractivity contribution >= 4 is 17.2 Å². The number of nitrogens with two attached hydrogens (primary N) is 1. The van der Waals surface area contributed by atoms with Crippen LogP contribution in [0.25, 0.3) is 0 Å². The Balaban J connectivity index is 1.91. The van der Waals surface area contributed by atoms with Crippen LogP contribution in [0.15, 0.2) is 5.38 Å². The Bertz CT molecular complexity index is 393. The molecule has 1 unspecified atom stereocenters. The molecule has 0 aromatic carbocycles. The lowest BCUT2D eigenvalue weighted by Gasteiger charge is -2.13. The predicted molar refractivity (Wildman–Crippen MR) is 67.4 cm³/mol. The second-order valence-electron chi connectivity index (χ2n) is 4.42. The van der Waals surface area contributed by atoms with E-state index in [0.29, 0.717) is 5.01 Å². The van der Waals surface area contributed by atoms with E-state index in [9.17, 15) is 4.79 Å². The van der Waals surface area contributed by atoms with Gasteiger partial charge in [0.2, 0.25) is 0 Å². The van der Waals surface area contributed by atoms with Crippen LogP contribution in [0.4, 0.5) is 0 Å². The molecule has 2 rings (SSSR count). The summed E-state index contributed by atoms with van der Waals surface area (Å²) in [6.45, 7) is 5.35. The van der Waals surface area contributed by atoms with Gasteiger partial charge in [-0.3, -0.25) is 15.1 Å². The summed E-state index contributed by atoms with van der Waals surface area (Å²) in [6.07, 6.45) is 2.52. The van der Waals surface area contributed by atoms with E-state index in [0.717, 1.165) is 31.2 Å². The Morgan fingerprint density at radius 2 is 2.59 bits per heavy atom. The summed E-state index contributed by atoms with van der Waals surface area (Å²) < 4.78 is 0. The molecule has 1 saturated heterocycles. The first-order valence-corrected chi connectivity index (χ1v) is 6.78. The number of nitrogens with one attached hydrogen (secondary N) is 1. The highest BCUT2D eigenvalue weighted by molar-refractivity contribution is 7.11. The summed E-state index contributed by atoms with van der Waals surface area (Å²) in [6, 6.07) is 0. The molecule has 0 spiro atoms. The van der Waals surface area contributed by atoms with Gasteiger partial charge in [0.25, 0.3) is 5.91 Å². The van der Waals surface area contributed by atoms with Crippen molar-refractivity contribution in [3.8, 4) is 0 Å². The van der Waals surface area contributed by atoms with Crippen LogP contribution in [-0.4, -0.2) is 28.9 Å². The van der Waals surface area contributed by atoms with Crippen LogP contribution >= 0.6 is 11.3 Å². The number of thiazole rings is 1. The number of nitrogen functional groups attached to an aromatic ring is 1. The Kier molecular flexibility index (Phi) is 4.09. The Labute approximate surface area is 105 Å². The zero-order chi connectivity index (χ0) is 12.3. The molecule has 0 bridgehead atoms. The smallest absolute Gasteiger partial charge is 0.294 e. The molecule has 1 amide bonds. The monoisotopic (exact) mass is 254 g/mol. The maximum Gasteiger partial charge on any atom is 0.294 e. The first-order valence-electron chi connectivity index (χ1n) is 5.90. The molecule has 0 saturated carbocycles. The summed E-state index contributed by atoms with van der Waals surface area (Å²) in [7, 11) is 0. The van der Waals surface area contributed by atoms with E-state index in [2.05, 4.69) is 22.2 Å². The van der Waals surface area contributed by atoms with Crippen LogP contribution < -0.4 is 11.3 Å². The molecular weight excluding hydrogens is 236 g/mol. The lowest BCUT2D eigenvalue weighted by Crippen LogP contribution is -2.30. The Morgan fingerprint density at radius 1 is 1.76 bits per heavy atom. The molecule has 1 atom stereocenters. The zero-order valence-electron chi connectivity index (χ0n) is 9.98. The third-order valence-electron chi connectivity index (χ3n) is 3.21. The van der Waals surface area contributed by atoms with Crippen molar-refractivity contribution in [1.29, 1.82) is 0 Å². The van der Waals surface area contributed by atoms with Gasteiger partial charge < -0.3 is 0 Å². The molecule has 0 aliphatic carbocycles. The van der Waals surface area contributed by atoms with Gasteiger partial charge in [-0.25, -0.2) is 10.8 Å². The molecule has 1 aliphatic rings. The fourth-order valence-electron chi connectivity index (χ4n) is 2.16. The SMILES string of the molecule is CCC1CCN(Cc2csc(C(=O)NN)n2)C1. The summed E-state index contributed by atoms with van der Waals surface area (Å²) in [4.78, 5) is 17.9. The van der Waals surface area contributed by atoms with E-state index in [4.69, 9.17) is 5.84 Å². The van der Waals surface area contributed by atoms with Gasteiger partial charge in [0.05, 0.1) is 5.69 Å². The highest BCUT2D eigenvalue weighted by Gasteiger charge is 2.21. The van der Waals surface area contributed by atoms with Gasteiger partial charge in [-0.1, -0.05) is 13.3 Å². The fraction of sp³-hybridized carbons (Fsp3) is 0.636. The fourth-order valence-corrected chi connectivity index (χ4v) is 2.88. The Morgan fingerprint density at radius 3 is 3.24 bits per heavy atom. The minimum atomic E-state index is -0.311. The number of carbonyl (C=O) groups is 1. The number of hydrogen-bond donors (Lipinski definition) is 2. The van der Waals surface area contributed by atoms with Crippen molar-refractivity contribution in [2.75, 3.05) is 13.1 Å². The largest absolute Gasteiger partial charge is 0.297 e. The number of carbonyl (C=O) groups excluding carboxylic acids is 1. The minimum Gasteiger partial charge on any atom is -0.297 e. The third-order valence-corrected chi connectivity index (χ3v) is 4.10. The van der Waals surface area contributed by atoms with Gasteiger partial charge in [-0.15, -0.1) is 11.3 Å². The normalized spacial score (nSPS) is 20.7. The van der Waals surface area contributed by atoms with Crippen LogP contribution in [0.3, 0.4) is 0 Å². The van der Waals surface area contributed by atoms with Crippen LogP contribution in [0.5, 0.6) is 0 Å². The average molecular weight is 254 g/mol. The summed E-state index contributed by atoms with van der Waals surface area (Å²) in [5.41, 5.74) is 3.06. The summed E-state index contributed by atoms with van der Waals surface area (Å²) in [5.74, 6) is 5.58. The summed E-state index contributed by atoms with van der Waals surface area (Å²) in [5, 5.41) is 2.37. The van der Waals surface area contributed by atoms with Gasteiger partial charge in [-0.05, 0) is 18.9 Å². The van der Waals surface area contributed by atoms with Crippen molar-refractivity contribution < 1.29 is 4.79 Å². The molecule has 94 valence electrons. The molecule has 3 N–H and O–H groups in total. The number of rotatable bonds is 4. The van der Waals surface area contributed by atoms with Gasteiger partial charge >= 0.3 is 0 Å². The molecule has 1 aromatic rings. The quantitative estimate of drug-likeness (QED) is 0.477. The van der Waals surface area contributed by atoms with Crippen LogP contribution in [0, 0.1) is 5.92 Å². The average Bonchev–Trinajstić information content (AvgIpc) is 2.97. The number of aromatic nitrogens is 1. The van der Waals surface area contributed by atoms with Crippen LogP contribution in [-0.2, 0) is 6.54 Å². The zero-order valence-corrected chi connectivity index (χ0v) is 10.8. The molecule has 1 fully saturated rings. The van der Waals surface area contributed by atoms with Crippen molar-refractivity contribution in [1.82, 2.24) is 15.3 Å². The van der Waals surface area contributed by atoms with Gasteiger partial charge in [0, 0.05) is 18.5 Å². The molecule has 0 radical (unpaired) electrons. The predicted octanol–water partition coefficient (Wildman–Crippen LogP) is 0.979. The maximum atomic E-state index is 11.3. The van der Waals surface area contributed by atoms with Gasteiger partial charge in [0.15, 0.2) is 5.01 Å². The van der Waals surface area contributed by atoms with Crippen molar-refractivity contribution in [2.45, 2.75) is 26.3 Å². The van der Waals surface area contributed by atoms with Crippen molar-refractivity contribution in [2.24, 2.45) is 11.8 Å². The lowest BCUT2D eigenvalue weighted by atomic mass is 10.1. The van der Waals surface area contributed by atoms with E-state index in [1.54, 1.807) is 0 Å². The first-order chi connectivity index (χ1) is 8.22. The van der Waals surface area contributed by atoms with E-state index >= 15 is 0 Å². The Hall–Kier alpha value is -0.980. The molecule has 6 heteroatoms. The molecule has 1 aromatic heterocycles. The van der Waals surface area contributed by atoms with E-state index in [1.165, 1.54) is 24.2 Å². The second-order valence-corrected chi connectivity index (χ2v) is 5.27. The number of nitrogens with zero attached hydrogens (tertiary/aromatic N) is 2. The van der Waals surface area contributed by atoms with Crippen molar-refractivity contribution in [3.63, 3.8) is 0 Å². The van der Waals surface area contributed by atoms with Crippen LogP contribution in [0.2, 0.25) is 0 Å². The number of amides is 1. The van der Waals surface area contributed by atoms with Crippen molar-refractivity contribution in [3.05, 3.63) is 16.1 Å². The number of hydrazine groups is 1. The maximum absolute atomic E-state index is 11.3. The second kappa shape index (κ2) is 5.57. The molecular formula is C11H18N4OS. The number of likely N-dealkylation sites (tertiary alicyclic amines) is 1. The van der Waals surface area contributed by atoms with Crippen LogP contribution in [0.1, 0.15) is 35.3 Å². The summed E-state index contributed by atoms with van der Waals surface area (Å²) >= 11 is 1.34. The lowest BCUT2D eigenvalue weighted by molar-refractivity contribution is 0.0953. The standard InChI is InChI=1S/C11H18N4OS/c1-2-8-3-4-15(5-8)6-9-7-17-11(13-9)10(16)14-12/h7-8H,2-6,12H2,1H3,(H,14,16). The minimum absolute atomic E-state index is 0.311. The highest BCUT2D eigenvalue weighted by Crippen LogP contribution is 2.21. The molecule has 17 heavy (non-hydrogen) atoms. The van der Waals surface area contributed by atoms with E-state index in [1.807, 2.05) is 5.38 Å². The topological polar surface area (TPSA) is 71.2 Å². The molecule has 5 nitrogen and oxygen atoms in total. The third kappa shape index (κ3) is 3.02. The molecule has 2 heterocycles. The van der Waals surface area contributed by atoms with E-state index in [-0.39, 0.29) is 5.91 Å². The highest BCUT2D eigenvalue weighted by atomic mass is 32.1. The number of hydrogen-bond acceptors (Lipinski definition) is 5.